The number of hydrogen-bond donors (Lipinski definition) is 0. The molecule has 5 aromatic carbocycles. The topological polar surface area (TPSA) is 30.7 Å². The first-order valence-corrected chi connectivity index (χ1v) is 13.6. The van der Waals surface area contributed by atoms with E-state index in [9.17, 15) is 0 Å². The molecule has 39 heavy (non-hydrogen) atoms. The highest BCUT2D eigenvalue weighted by atomic mass is 15.2. The van der Waals surface area contributed by atoms with Crippen molar-refractivity contribution < 1.29 is 0 Å². The Morgan fingerprint density at radius 3 is 2.26 bits per heavy atom. The van der Waals surface area contributed by atoms with E-state index >= 15 is 0 Å². The van der Waals surface area contributed by atoms with Gasteiger partial charge in [0.05, 0.1) is 16.7 Å². The second-order valence-corrected chi connectivity index (χ2v) is 10.8. The van der Waals surface area contributed by atoms with Crippen LogP contribution >= 0.6 is 0 Å². The van der Waals surface area contributed by atoms with Crippen LogP contribution in [0.1, 0.15) is 28.1 Å². The van der Waals surface area contributed by atoms with Crippen LogP contribution < -0.4 is 10.9 Å². The fourth-order valence-electron chi connectivity index (χ4n) is 6.97. The van der Waals surface area contributed by atoms with E-state index in [1.165, 1.54) is 65.8 Å². The predicted molar refractivity (Wildman–Crippen MR) is 161 cm³/mol. The largest absolute Gasteiger partial charge is 0.277 e. The van der Waals surface area contributed by atoms with Gasteiger partial charge >= 0.3 is 0 Å². The van der Waals surface area contributed by atoms with Crippen LogP contribution in [0.2, 0.25) is 0 Å². The molecular formula is C35H23BN3. The molecule has 0 atom stereocenters. The van der Waals surface area contributed by atoms with Gasteiger partial charge in [-0.2, -0.15) is 0 Å². The van der Waals surface area contributed by atoms with E-state index in [-0.39, 0.29) is 0 Å². The maximum absolute atomic E-state index is 5.32. The summed E-state index contributed by atoms with van der Waals surface area (Å²) in [6, 6.07) is 35.1. The summed E-state index contributed by atoms with van der Waals surface area (Å²) in [6.07, 6.45) is 1.74. The normalized spacial score (nSPS) is 13.3. The van der Waals surface area contributed by atoms with Crippen LogP contribution in [0.5, 0.6) is 0 Å². The first-order valence-electron chi connectivity index (χ1n) is 13.6. The van der Waals surface area contributed by atoms with Gasteiger partial charge in [0, 0.05) is 34.9 Å². The molecule has 3 nitrogen and oxygen atoms in total. The monoisotopic (exact) mass is 496 g/mol. The van der Waals surface area contributed by atoms with Crippen LogP contribution in [-0.4, -0.2) is 21.8 Å². The van der Waals surface area contributed by atoms with E-state index in [1.54, 1.807) is 0 Å². The number of fused-ring (bicyclic) bond motifs is 12. The van der Waals surface area contributed by atoms with Gasteiger partial charge in [0.15, 0.2) is 7.28 Å². The van der Waals surface area contributed by atoms with Gasteiger partial charge in [-0.25, -0.2) is 9.97 Å². The summed E-state index contributed by atoms with van der Waals surface area (Å²) in [5.74, 6) is 0.763. The van der Waals surface area contributed by atoms with Crippen LogP contribution in [0.25, 0.3) is 49.7 Å². The van der Waals surface area contributed by atoms with E-state index in [1.807, 2.05) is 0 Å². The minimum atomic E-state index is 0.763. The van der Waals surface area contributed by atoms with E-state index < -0.39 is 0 Å². The summed E-state index contributed by atoms with van der Waals surface area (Å²) in [4.78, 5) is 10.5. The zero-order valence-corrected chi connectivity index (χ0v) is 21.6. The molecule has 9 rings (SSSR count). The number of hydrogen-bond acceptors (Lipinski definition) is 2. The van der Waals surface area contributed by atoms with Crippen LogP contribution in [-0.2, 0) is 12.8 Å². The first-order chi connectivity index (χ1) is 19.3. The molecule has 0 saturated heterocycles. The lowest BCUT2D eigenvalue weighted by Crippen LogP contribution is -2.21. The van der Waals surface area contributed by atoms with Gasteiger partial charge in [-0.15, -0.1) is 0 Å². The Balaban J connectivity index is 1.44. The third-order valence-electron chi connectivity index (χ3n) is 8.73. The van der Waals surface area contributed by atoms with Crippen molar-refractivity contribution in [1.82, 2.24) is 14.5 Å². The molecule has 2 aliphatic rings. The van der Waals surface area contributed by atoms with Crippen molar-refractivity contribution in [3.05, 3.63) is 125 Å². The molecule has 0 fully saturated rings. The van der Waals surface area contributed by atoms with Gasteiger partial charge in [-0.1, -0.05) is 102 Å². The second kappa shape index (κ2) is 7.67. The summed E-state index contributed by atoms with van der Waals surface area (Å²) in [7, 11) is 2.35. The molecular weight excluding hydrogens is 473 g/mol. The smallest absolute Gasteiger partial charge is 0.235 e. The summed E-state index contributed by atoms with van der Waals surface area (Å²) in [5, 5.41) is 5.07. The molecule has 1 aliphatic carbocycles. The average Bonchev–Trinajstić information content (AvgIpc) is 3.53. The zero-order valence-electron chi connectivity index (χ0n) is 21.6. The molecule has 0 bridgehead atoms. The standard InChI is InChI=1S/C35H23BN3/c1-20-27-18-21-10-2-3-11-22(21)19-29(27)38-35(37-20)39-30-17-9-7-15-26(30)31-23-12-4-5-13-24(23)33-32(34(31)39)25-14-6-8-16-28(25)36-33/h2-17H,18-19H2,1H3. The van der Waals surface area contributed by atoms with Crippen molar-refractivity contribution in [3.8, 4) is 17.1 Å². The fourth-order valence-corrected chi connectivity index (χ4v) is 6.97. The Morgan fingerprint density at radius 1 is 0.692 bits per heavy atom. The van der Waals surface area contributed by atoms with Crippen molar-refractivity contribution in [2.24, 2.45) is 0 Å². The Morgan fingerprint density at radius 2 is 1.38 bits per heavy atom. The van der Waals surface area contributed by atoms with E-state index in [0.717, 1.165) is 35.7 Å². The quantitative estimate of drug-likeness (QED) is 0.255. The molecule has 3 heterocycles. The highest BCUT2D eigenvalue weighted by Crippen LogP contribution is 2.42. The summed E-state index contributed by atoms with van der Waals surface area (Å²) < 4.78 is 2.33. The molecule has 0 unspecified atom stereocenters. The van der Waals surface area contributed by atoms with E-state index in [2.05, 4.69) is 116 Å². The van der Waals surface area contributed by atoms with Crippen LogP contribution in [0.4, 0.5) is 0 Å². The Hall–Kier alpha value is -4.70. The van der Waals surface area contributed by atoms with E-state index in [0.29, 0.717) is 0 Å². The third-order valence-corrected chi connectivity index (χ3v) is 8.73. The molecule has 181 valence electrons. The third kappa shape index (κ3) is 2.83. The molecule has 1 radical (unpaired) electrons. The molecule has 0 spiro atoms. The predicted octanol–water partition coefficient (Wildman–Crippen LogP) is 6.17. The molecule has 0 N–H and O–H groups in total. The zero-order chi connectivity index (χ0) is 25.7. The molecule has 2 aromatic heterocycles. The average molecular weight is 496 g/mol. The van der Waals surface area contributed by atoms with Crippen LogP contribution in [0.15, 0.2) is 97.1 Å². The van der Waals surface area contributed by atoms with Crippen molar-refractivity contribution in [1.29, 1.82) is 0 Å². The van der Waals surface area contributed by atoms with Crippen molar-refractivity contribution >= 4 is 50.8 Å². The van der Waals surface area contributed by atoms with Crippen molar-refractivity contribution in [2.45, 2.75) is 19.8 Å². The number of benzene rings is 5. The van der Waals surface area contributed by atoms with Gasteiger partial charge in [-0.05, 0) is 46.0 Å². The Labute approximate surface area is 227 Å². The summed E-state index contributed by atoms with van der Waals surface area (Å²) in [6.45, 7) is 2.15. The number of para-hydroxylation sites is 1. The number of aromatic nitrogens is 3. The number of rotatable bonds is 1. The van der Waals surface area contributed by atoms with Gasteiger partial charge in [0.2, 0.25) is 5.95 Å². The Kier molecular flexibility index (Phi) is 4.18. The SMILES string of the molecule is Cc1nc(-n2c3ccccc3c3c4ccccc4c4c(c32)-c2ccccc2[B]4)nc2c1Cc1ccccc1C2. The number of aryl methyl sites for hydroxylation is 1. The fraction of sp³-hybridized carbons (Fsp3) is 0.0857. The summed E-state index contributed by atoms with van der Waals surface area (Å²) in [5.41, 5.74) is 13.7. The second-order valence-electron chi connectivity index (χ2n) is 10.8. The Bertz CT molecular complexity index is 2170. The highest BCUT2D eigenvalue weighted by molar-refractivity contribution is 6.77. The highest BCUT2D eigenvalue weighted by Gasteiger charge is 2.30. The maximum atomic E-state index is 5.32. The van der Waals surface area contributed by atoms with Crippen LogP contribution in [0.3, 0.4) is 0 Å². The van der Waals surface area contributed by atoms with Crippen molar-refractivity contribution in [2.75, 3.05) is 0 Å². The van der Waals surface area contributed by atoms with Crippen molar-refractivity contribution in [3.63, 3.8) is 0 Å². The van der Waals surface area contributed by atoms with Gasteiger partial charge in [-0.3, -0.25) is 4.57 Å². The molecule has 0 amide bonds. The van der Waals surface area contributed by atoms with Crippen LogP contribution in [0, 0.1) is 6.92 Å². The minimum Gasteiger partial charge on any atom is -0.277 e. The van der Waals surface area contributed by atoms with E-state index in [4.69, 9.17) is 9.97 Å². The van der Waals surface area contributed by atoms with Gasteiger partial charge in [0.25, 0.3) is 0 Å². The molecule has 4 heteroatoms. The molecule has 7 aromatic rings. The molecule has 1 aliphatic heterocycles. The lowest BCUT2D eigenvalue weighted by atomic mass is 9.66. The molecule has 0 saturated carbocycles. The van der Waals surface area contributed by atoms with Gasteiger partial charge in [0.1, 0.15) is 0 Å². The lowest BCUT2D eigenvalue weighted by molar-refractivity contribution is 0.853. The lowest BCUT2D eigenvalue weighted by Gasteiger charge is -2.21. The number of nitrogens with zero attached hydrogens (tertiary/aromatic N) is 3. The van der Waals surface area contributed by atoms with Gasteiger partial charge < -0.3 is 0 Å². The summed E-state index contributed by atoms with van der Waals surface area (Å²) >= 11 is 0. The maximum Gasteiger partial charge on any atom is 0.235 e. The minimum absolute atomic E-state index is 0.763. The first kappa shape index (κ1) is 21.3.